The van der Waals surface area contributed by atoms with E-state index >= 15 is 0 Å². The van der Waals surface area contributed by atoms with Crippen LogP contribution in [0.2, 0.25) is 0 Å². The summed E-state index contributed by atoms with van der Waals surface area (Å²) in [4.78, 5) is 17.8. The average molecular weight is 429 g/mol. The van der Waals surface area contributed by atoms with Crippen molar-refractivity contribution in [3.63, 3.8) is 0 Å². The summed E-state index contributed by atoms with van der Waals surface area (Å²) in [7, 11) is 2.95. The monoisotopic (exact) mass is 429 g/mol. The average Bonchev–Trinajstić information content (AvgIpc) is 2.67. The summed E-state index contributed by atoms with van der Waals surface area (Å²) >= 11 is 0. The van der Waals surface area contributed by atoms with Crippen LogP contribution in [-0.4, -0.2) is 49.7 Å². The summed E-state index contributed by atoms with van der Waals surface area (Å²) in [5.41, 5.74) is -1.23. The second kappa shape index (κ2) is 9.57. The Morgan fingerprint density at radius 1 is 1.23 bits per heavy atom. The first-order valence-corrected chi connectivity index (χ1v) is 9.87. The van der Waals surface area contributed by atoms with Crippen molar-refractivity contribution in [2.75, 3.05) is 27.2 Å². The van der Waals surface area contributed by atoms with E-state index in [4.69, 9.17) is 9.47 Å². The molecule has 9 heteroatoms. The highest BCUT2D eigenvalue weighted by Gasteiger charge is 2.34. The molecule has 1 saturated heterocycles. The first-order valence-electron chi connectivity index (χ1n) is 9.87. The lowest BCUT2D eigenvalue weighted by Crippen LogP contribution is -2.46. The van der Waals surface area contributed by atoms with Crippen molar-refractivity contribution in [2.45, 2.75) is 51.9 Å². The number of carbonyl (C=O) groups is 1. The molecule has 0 bridgehead atoms. The molecule has 6 nitrogen and oxygen atoms in total. The molecule has 0 aliphatic carbocycles. The topological polar surface area (TPSA) is 63.2 Å². The second-order valence-corrected chi connectivity index (χ2v) is 8.22. The van der Waals surface area contributed by atoms with Gasteiger partial charge >= 0.3 is 12.1 Å². The van der Waals surface area contributed by atoms with E-state index in [1.165, 1.54) is 13.2 Å². The Morgan fingerprint density at radius 3 is 2.37 bits per heavy atom. The summed E-state index contributed by atoms with van der Waals surface area (Å²) in [6, 6.07) is 4.00. The molecule has 0 amide bonds. The number of esters is 1. The van der Waals surface area contributed by atoms with E-state index in [1.807, 2.05) is 4.90 Å². The number of piperidine rings is 1. The number of halogens is 3. The van der Waals surface area contributed by atoms with Crippen molar-refractivity contribution < 1.29 is 27.4 Å². The Bertz CT molecular complexity index is 765. The lowest BCUT2D eigenvalue weighted by molar-refractivity contribution is -0.146. The maximum absolute atomic E-state index is 13.6. The molecule has 0 spiro atoms. The molecular formula is C21H30F3N3O3. The van der Waals surface area contributed by atoms with Crippen LogP contribution < -0.4 is 10.1 Å². The van der Waals surface area contributed by atoms with Crippen molar-refractivity contribution in [2.24, 2.45) is 10.9 Å². The maximum atomic E-state index is 13.6. The Labute approximate surface area is 175 Å². The number of alkyl halides is 3. The summed E-state index contributed by atoms with van der Waals surface area (Å²) in [5, 5.41) is 3.01. The van der Waals surface area contributed by atoms with Crippen molar-refractivity contribution in [1.29, 1.82) is 0 Å². The molecule has 0 atom stereocenters. The van der Waals surface area contributed by atoms with Crippen molar-refractivity contribution in [3.8, 4) is 5.75 Å². The molecule has 1 aliphatic rings. The number of nitrogens with one attached hydrogen (secondary N) is 1. The largest absolute Gasteiger partial charge is 0.488 e. The molecular weight excluding hydrogens is 399 g/mol. The van der Waals surface area contributed by atoms with E-state index in [-0.39, 0.29) is 29.7 Å². The van der Waals surface area contributed by atoms with Gasteiger partial charge in [0.15, 0.2) is 5.96 Å². The zero-order chi connectivity index (χ0) is 22.5. The van der Waals surface area contributed by atoms with Crippen molar-refractivity contribution in [1.82, 2.24) is 10.2 Å². The number of carbonyl (C=O) groups excluding carboxylic acids is 1. The van der Waals surface area contributed by atoms with Gasteiger partial charge in [-0.3, -0.25) is 9.79 Å². The van der Waals surface area contributed by atoms with E-state index in [9.17, 15) is 18.0 Å². The summed E-state index contributed by atoms with van der Waals surface area (Å²) in [6.07, 6.45) is -3.28. The number of likely N-dealkylation sites (tertiary alicyclic amines) is 1. The molecule has 0 aromatic heterocycles. The minimum absolute atomic E-state index is 0.0335. The number of hydrogen-bond acceptors (Lipinski definition) is 4. The van der Waals surface area contributed by atoms with Gasteiger partial charge in [0.25, 0.3) is 0 Å². The number of benzene rings is 1. The van der Waals surface area contributed by atoms with Gasteiger partial charge in [-0.15, -0.1) is 0 Å². The van der Waals surface area contributed by atoms with Gasteiger partial charge in [-0.2, -0.15) is 13.2 Å². The highest BCUT2D eigenvalue weighted by Crippen LogP contribution is 2.35. The van der Waals surface area contributed by atoms with Gasteiger partial charge < -0.3 is 19.7 Å². The van der Waals surface area contributed by atoms with Crippen LogP contribution in [0.15, 0.2) is 23.2 Å². The molecule has 168 valence electrons. The van der Waals surface area contributed by atoms with Gasteiger partial charge in [-0.25, -0.2) is 0 Å². The fraction of sp³-hybridized carbons (Fsp3) is 0.619. The quantitative estimate of drug-likeness (QED) is 0.448. The highest BCUT2D eigenvalue weighted by molar-refractivity contribution is 5.80. The minimum Gasteiger partial charge on any atom is -0.488 e. The van der Waals surface area contributed by atoms with Crippen molar-refractivity contribution >= 4 is 11.9 Å². The van der Waals surface area contributed by atoms with Gasteiger partial charge in [-0.05, 0) is 51.3 Å². The predicted octanol–water partition coefficient (Wildman–Crippen LogP) is 3.84. The molecule has 30 heavy (non-hydrogen) atoms. The fourth-order valence-electron chi connectivity index (χ4n) is 3.39. The first kappa shape index (κ1) is 23.8. The van der Waals surface area contributed by atoms with Gasteiger partial charge in [0, 0.05) is 26.7 Å². The number of methoxy groups -OCH3 is 1. The summed E-state index contributed by atoms with van der Waals surface area (Å²) < 4.78 is 51.2. The lowest BCUT2D eigenvalue weighted by atomic mass is 9.97. The number of ether oxygens (including phenoxy) is 2. The molecule has 0 saturated carbocycles. The molecule has 2 rings (SSSR count). The number of nitrogens with zero attached hydrogens (tertiary/aromatic N) is 2. The smallest absolute Gasteiger partial charge is 0.416 e. The third kappa shape index (κ3) is 6.53. The van der Waals surface area contributed by atoms with E-state index in [1.54, 1.807) is 33.9 Å². The third-order valence-electron chi connectivity index (χ3n) is 4.79. The van der Waals surface area contributed by atoms with Crippen LogP contribution in [-0.2, 0) is 22.3 Å². The molecule has 0 radical (unpaired) electrons. The number of aliphatic imine (C=N–C) groups is 1. The third-order valence-corrected chi connectivity index (χ3v) is 4.79. The number of rotatable bonds is 4. The Balaban J connectivity index is 2.09. The first-order chi connectivity index (χ1) is 13.9. The van der Waals surface area contributed by atoms with Crippen LogP contribution in [0.1, 0.15) is 44.7 Å². The summed E-state index contributed by atoms with van der Waals surface area (Å²) in [5.74, 6) is 0.288. The summed E-state index contributed by atoms with van der Waals surface area (Å²) in [6.45, 7) is 6.46. The van der Waals surface area contributed by atoms with E-state index in [0.717, 1.165) is 6.07 Å². The van der Waals surface area contributed by atoms with Gasteiger partial charge in [0.1, 0.15) is 11.4 Å². The molecule has 1 fully saturated rings. The number of hydrogen-bond donors (Lipinski definition) is 1. The predicted molar refractivity (Wildman–Crippen MR) is 108 cm³/mol. The van der Waals surface area contributed by atoms with Crippen LogP contribution >= 0.6 is 0 Å². The minimum atomic E-state index is -4.50. The van der Waals surface area contributed by atoms with Crippen LogP contribution in [0, 0.1) is 5.92 Å². The zero-order valence-electron chi connectivity index (χ0n) is 18.1. The SMILES string of the molecule is CN=C(NCc1ccc(OC(C)(C)C)cc1C(F)(F)F)N1CCC(C(=O)OC)CC1. The Hall–Kier alpha value is -2.45. The zero-order valence-corrected chi connectivity index (χ0v) is 18.1. The molecule has 0 unspecified atom stereocenters. The van der Waals surface area contributed by atoms with E-state index in [2.05, 4.69) is 10.3 Å². The highest BCUT2D eigenvalue weighted by atomic mass is 19.4. The van der Waals surface area contributed by atoms with Gasteiger partial charge in [-0.1, -0.05) is 6.07 Å². The Morgan fingerprint density at radius 2 is 1.87 bits per heavy atom. The fourth-order valence-corrected chi connectivity index (χ4v) is 3.39. The molecule has 1 aromatic carbocycles. The van der Waals surface area contributed by atoms with Crippen LogP contribution in [0.3, 0.4) is 0 Å². The van der Waals surface area contributed by atoms with Gasteiger partial charge in [0.2, 0.25) is 0 Å². The standard InChI is InChI=1S/C21H30F3N3O3/c1-20(2,3)30-16-7-6-15(17(12-16)21(22,23)24)13-26-19(25-4)27-10-8-14(9-11-27)18(28)29-5/h6-7,12,14H,8-11,13H2,1-5H3,(H,25,26). The van der Waals surface area contributed by atoms with E-state index < -0.39 is 17.3 Å². The number of guanidine groups is 1. The molecule has 1 N–H and O–H groups in total. The van der Waals surface area contributed by atoms with Crippen LogP contribution in [0.5, 0.6) is 5.75 Å². The van der Waals surface area contributed by atoms with Gasteiger partial charge in [0.05, 0.1) is 18.6 Å². The van der Waals surface area contributed by atoms with Crippen molar-refractivity contribution in [3.05, 3.63) is 29.3 Å². The van der Waals surface area contributed by atoms with E-state index in [0.29, 0.717) is 31.9 Å². The van der Waals surface area contributed by atoms with Crippen LogP contribution in [0.25, 0.3) is 0 Å². The maximum Gasteiger partial charge on any atom is 0.416 e. The molecule has 1 heterocycles. The second-order valence-electron chi connectivity index (χ2n) is 8.22. The normalized spacial score (nSPS) is 16.4. The van der Waals surface area contributed by atoms with Crippen LogP contribution in [0.4, 0.5) is 13.2 Å². The molecule has 1 aliphatic heterocycles. The molecule has 1 aromatic rings. The Kier molecular flexibility index (Phi) is 7.60. The lowest BCUT2D eigenvalue weighted by Gasteiger charge is -2.33.